The Bertz CT molecular complexity index is 965. The quantitative estimate of drug-likeness (QED) is 0.538. The van der Waals surface area contributed by atoms with Crippen LogP contribution in [0.5, 0.6) is 0 Å². The predicted molar refractivity (Wildman–Crippen MR) is 106 cm³/mol. The lowest BCUT2D eigenvalue weighted by atomic mass is 10.1. The second-order valence-corrected chi connectivity index (χ2v) is 6.91. The van der Waals surface area contributed by atoms with Crippen LogP contribution in [-0.2, 0) is 11.3 Å². The fourth-order valence-corrected chi connectivity index (χ4v) is 3.05. The Kier molecular flexibility index (Phi) is 6.56. The van der Waals surface area contributed by atoms with Crippen molar-refractivity contribution in [1.82, 2.24) is 10.2 Å². The maximum Gasteiger partial charge on any atom is 0.283 e. The van der Waals surface area contributed by atoms with Gasteiger partial charge in [-0.05, 0) is 44.5 Å². The number of nitrogens with one attached hydrogen (secondary N) is 2. The fourth-order valence-electron chi connectivity index (χ4n) is 3.05. The average molecular weight is 397 g/mol. The molecule has 1 aromatic carbocycles. The van der Waals surface area contributed by atoms with Gasteiger partial charge in [-0.2, -0.15) is 0 Å². The van der Waals surface area contributed by atoms with Crippen LogP contribution in [-0.4, -0.2) is 34.5 Å². The second kappa shape index (κ2) is 9.29. The summed E-state index contributed by atoms with van der Waals surface area (Å²) in [7, 11) is 0. The van der Waals surface area contributed by atoms with Crippen LogP contribution in [0.1, 0.15) is 43.4 Å². The number of anilines is 1. The third-order valence-corrected chi connectivity index (χ3v) is 4.69. The monoisotopic (exact) mass is 397 g/mol. The molecule has 0 aliphatic rings. The molecule has 0 saturated carbocycles. The Morgan fingerprint density at radius 1 is 1.21 bits per heavy atom. The van der Waals surface area contributed by atoms with Crippen LogP contribution in [0.3, 0.4) is 0 Å². The van der Waals surface area contributed by atoms with Gasteiger partial charge < -0.3 is 19.1 Å². The van der Waals surface area contributed by atoms with Gasteiger partial charge in [-0.15, -0.1) is 10.2 Å². The van der Waals surface area contributed by atoms with Crippen molar-refractivity contribution in [3.63, 3.8) is 0 Å². The Hall–Kier alpha value is -3.26. The first-order chi connectivity index (χ1) is 14.0. The molecule has 0 aliphatic carbocycles. The SMILES string of the molecule is CCC[NH+](Cc1nnc(-c2ccco2)o1)[C@@H](C)C(=O)Nc1cccc(C(C)=O)c1. The Morgan fingerprint density at radius 2 is 2.03 bits per heavy atom. The van der Waals surface area contributed by atoms with Crippen LogP contribution >= 0.6 is 0 Å². The maximum atomic E-state index is 12.8. The van der Waals surface area contributed by atoms with Crippen molar-refractivity contribution in [2.75, 3.05) is 11.9 Å². The maximum absolute atomic E-state index is 12.8. The molecular formula is C21H25N4O4+. The summed E-state index contributed by atoms with van der Waals surface area (Å²) in [6.07, 6.45) is 2.44. The first-order valence-corrected chi connectivity index (χ1v) is 9.60. The van der Waals surface area contributed by atoms with E-state index in [0.29, 0.717) is 35.3 Å². The largest absolute Gasteiger partial charge is 0.459 e. The van der Waals surface area contributed by atoms with Crippen molar-refractivity contribution >= 4 is 17.4 Å². The van der Waals surface area contributed by atoms with Crippen molar-refractivity contribution in [1.29, 1.82) is 0 Å². The lowest BCUT2D eigenvalue weighted by molar-refractivity contribution is -0.928. The number of carbonyl (C=O) groups is 2. The lowest BCUT2D eigenvalue weighted by Gasteiger charge is -2.23. The molecule has 8 nitrogen and oxygen atoms in total. The van der Waals surface area contributed by atoms with Crippen LogP contribution in [0.15, 0.2) is 51.5 Å². The highest BCUT2D eigenvalue weighted by Crippen LogP contribution is 2.17. The fraction of sp³-hybridized carbons (Fsp3) is 0.333. The van der Waals surface area contributed by atoms with E-state index in [2.05, 4.69) is 22.4 Å². The number of furan rings is 1. The van der Waals surface area contributed by atoms with Crippen molar-refractivity contribution in [2.45, 2.75) is 39.8 Å². The number of ketones is 1. The van der Waals surface area contributed by atoms with Gasteiger partial charge in [0.15, 0.2) is 24.1 Å². The summed E-state index contributed by atoms with van der Waals surface area (Å²) < 4.78 is 11.0. The second-order valence-electron chi connectivity index (χ2n) is 6.91. The summed E-state index contributed by atoms with van der Waals surface area (Å²) in [5.74, 6) is 1.09. The molecule has 1 amide bonds. The summed E-state index contributed by atoms with van der Waals surface area (Å²) in [6, 6.07) is 10.1. The number of quaternary nitrogens is 1. The smallest absolute Gasteiger partial charge is 0.283 e. The molecule has 3 aromatic rings. The summed E-state index contributed by atoms with van der Waals surface area (Å²) in [5, 5.41) is 11.0. The van der Waals surface area contributed by atoms with Crippen LogP contribution in [0.2, 0.25) is 0 Å². The van der Waals surface area contributed by atoms with E-state index in [-0.39, 0.29) is 17.7 Å². The standard InChI is InChI=1S/C21H24N4O4/c1-4-10-25(13-19-23-24-21(29-19)18-9-6-11-28-18)14(2)20(27)22-17-8-5-7-16(12-17)15(3)26/h5-9,11-12,14H,4,10,13H2,1-3H3,(H,22,27)/p+1/t14-/m0/s1. The van der Waals surface area contributed by atoms with E-state index in [9.17, 15) is 9.59 Å². The third kappa shape index (κ3) is 5.17. The first-order valence-electron chi connectivity index (χ1n) is 9.60. The highest BCUT2D eigenvalue weighted by Gasteiger charge is 2.27. The zero-order valence-corrected chi connectivity index (χ0v) is 16.8. The van der Waals surface area contributed by atoms with E-state index in [1.54, 1.807) is 42.7 Å². The molecule has 2 N–H and O–H groups in total. The number of hydrogen-bond acceptors (Lipinski definition) is 6. The minimum atomic E-state index is -0.352. The van der Waals surface area contributed by atoms with E-state index in [1.807, 2.05) is 6.92 Å². The van der Waals surface area contributed by atoms with Crippen molar-refractivity contribution in [3.05, 3.63) is 54.1 Å². The topological polar surface area (TPSA) is 103 Å². The molecule has 0 spiro atoms. The number of carbonyl (C=O) groups excluding carboxylic acids is 2. The van der Waals surface area contributed by atoms with Crippen LogP contribution in [0.4, 0.5) is 5.69 Å². The van der Waals surface area contributed by atoms with Gasteiger partial charge in [0.1, 0.15) is 0 Å². The third-order valence-electron chi connectivity index (χ3n) is 4.69. The summed E-state index contributed by atoms with van der Waals surface area (Å²) in [6.45, 7) is 6.60. The van der Waals surface area contributed by atoms with Gasteiger partial charge in [0, 0.05) is 11.3 Å². The number of rotatable bonds is 9. The number of nitrogens with zero attached hydrogens (tertiary/aromatic N) is 2. The molecule has 29 heavy (non-hydrogen) atoms. The number of Topliss-reactive ketones (excluding diaryl/α,β-unsaturated/α-hetero) is 1. The molecule has 8 heteroatoms. The minimum Gasteiger partial charge on any atom is -0.459 e. The van der Waals surface area contributed by atoms with Crippen LogP contribution < -0.4 is 10.2 Å². The van der Waals surface area contributed by atoms with Crippen molar-refractivity contribution < 1.29 is 23.3 Å². The molecule has 0 saturated heterocycles. The van der Waals surface area contributed by atoms with E-state index < -0.39 is 0 Å². The lowest BCUT2D eigenvalue weighted by Crippen LogP contribution is -3.15. The van der Waals surface area contributed by atoms with Crippen molar-refractivity contribution in [3.8, 4) is 11.7 Å². The number of hydrogen-bond donors (Lipinski definition) is 2. The molecule has 0 aliphatic heterocycles. The highest BCUT2D eigenvalue weighted by molar-refractivity contribution is 5.97. The zero-order valence-electron chi connectivity index (χ0n) is 16.8. The number of aromatic nitrogens is 2. The van der Waals surface area contributed by atoms with Gasteiger partial charge >= 0.3 is 0 Å². The number of benzene rings is 1. The Balaban J connectivity index is 1.68. The molecule has 0 radical (unpaired) electrons. The summed E-state index contributed by atoms with van der Waals surface area (Å²) >= 11 is 0. The molecule has 3 rings (SSSR count). The van der Waals surface area contributed by atoms with E-state index >= 15 is 0 Å². The van der Waals surface area contributed by atoms with E-state index in [1.165, 1.54) is 6.92 Å². The van der Waals surface area contributed by atoms with Gasteiger partial charge in [0.05, 0.1) is 12.8 Å². The van der Waals surface area contributed by atoms with Crippen LogP contribution in [0.25, 0.3) is 11.7 Å². The first kappa shape index (κ1) is 20.5. The Labute approximate surface area is 168 Å². The van der Waals surface area contributed by atoms with Gasteiger partial charge in [0.25, 0.3) is 17.7 Å². The molecular weight excluding hydrogens is 372 g/mol. The zero-order chi connectivity index (χ0) is 20.8. The van der Waals surface area contributed by atoms with Crippen LogP contribution in [0, 0.1) is 0 Å². The minimum absolute atomic E-state index is 0.0452. The molecule has 1 unspecified atom stereocenters. The molecule has 2 heterocycles. The molecule has 0 fully saturated rings. The van der Waals surface area contributed by atoms with Gasteiger partial charge in [-0.25, -0.2) is 0 Å². The number of amides is 1. The Morgan fingerprint density at radius 3 is 2.72 bits per heavy atom. The van der Waals surface area contributed by atoms with Gasteiger partial charge in [0.2, 0.25) is 0 Å². The molecule has 2 atom stereocenters. The van der Waals surface area contributed by atoms with Gasteiger partial charge in [-0.3, -0.25) is 9.59 Å². The molecule has 0 bridgehead atoms. The predicted octanol–water partition coefficient (Wildman–Crippen LogP) is 2.35. The van der Waals surface area contributed by atoms with Crippen molar-refractivity contribution in [2.24, 2.45) is 0 Å². The summed E-state index contributed by atoms with van der Waals surface area (Å²) in [5.41, 5.74) is 1.16. The normalized spacial score (nSPS) is 13.1. The van der Waals surface area contributed by atoms with Gasteiger partial charge in [-0.1, -0.05) is 19.1 Å². The molecule has 152 valence electrons. The average Bonchev–Trinajstić information content (AvgIpc) is 3.39. The van der Waals surface area contributed by atoms with E-state index in [4.69, 9.17) is 8.83 Å². The molecule has 2 aromatic heterocycles. The highest BCUT2D eigenvalue weighted by atomic mass is 16.4. The summed E-state index contributed by atoms with van der Waals surface area (Å²) in [4.78, 5) is 25.3. The van der Waals surface area contributed by atoms with E-state index in [0.717, 1.165) is 17.9 Å².